The Morgan fingerprint density at radius 1 is 1.55 bits per heavy atom. The van der Waals surface area contributed by atoms with Crippen LogP contribution < -0.4 is 0 Å². The van der Waals surface area contributed by atoms with Gasteiger partial charge in [0.2, 0.25) is 0 Å². The summed E-state index contributed by atoms with van der Waals surface area (Å²) in [5.41, 5.74) is 2.45. The molecule has 2 unspecified atom stereocenters. The zero-order valence-electron chi connectivity index (χ0n) is 13.0. The molecule has 0 radical (unpaired) electrons. The molecule has 1 aromatic rings. The standard InChI is InChI=1S/C16H26N2O2/c1-5-18-13(8-11(2)17-18)9-12-10-16(3,4)7-6-14(12)15(19)20/h8,12,14H,5-7,9-10H2,1-4H3,(H,19,20). The fraction of sp³-hybridized carbons (Fsp3) is 0.750. The van der Waals surface area contributed by atoms with Crippen molar-refractivity contribution in [1.82, 2.24) is 9.78 Å². The van der Waals surface area contributed by atoms with Gasteiger partial charge in [0.25, 0.3) is 0 Å². The maximum Gasteiger partial charge on any atom is 0.306 e. The van der Waals surface area contributed by atoms with Crippen LogP contribution in [0.15, 0.2) is 6.07 Å². The number of hydrogen-bond donors (Lipinski definition) is 1. The highest BCUT2D eigenvalue weighted by molar-refractivity contribution is 5.70. The number of aliphatic carboxylic acids is 1. The average Bonchev–Trinajstić information content (AvgIpc) is 2.68. The highest BCUT2D eigenvalue weighted by Gasteiger charge is 2.38. The molecule has 1 saturated carbocycles. The van der Waals surface area contributed by atoms with Gasteiger partial charge in [-0.2, -0.15) is 5.10 Å². The fourth-order valence-electron chi connectivity index (χ4n) is 3.58. The number of carboxylic acid groups (broad SMARTS) is 1. The van der Waals surface area contributed by atoms with Crippen LogP contribution in [-0.4, -0.2) is 20.9 Å². The third-order valence-corrected chi connectivity index (χ3v) is 4.59. The van der Waals surface area contributed by atoms with Gasteiger partial charge in [0.15, 0.2) is 0 Å². The lowest BCUT2D eigenvalue weighted by atomic mass is 9.66. The summed E-state index contributed by atoms with van der Waals surface area (Å²) in [4.78, 5) is 11.5. The van der Waals surface area contributed by atoms with E-state index in [0.29, 0.717) is 0 Å². The molecule has 0 aliphatic heterocycles. The molecule has 0 saturated heterocycles. The summed E-state index contributed by atoms with van der Waals surface area (Å²) in [6, 6.07) is 2.10. The van der Waals surface area contributed by atoms with Gasteiger partial charge in [-0.05, 0) is 56.9 Å². The smallest absolute Gasteiger partial charge is 0.306 e. The minimum atomic E-state index is -0.634. The maximum absolute atomic E-state index is 11.5. The van der Waals surface area contributed by atoms with Crippen LogP contribution in [0.4, 0.5) is 0 Å². The number of carbonyl (C=O) groups is 1. The summed E-state index contributed by atoms with van der Waals surface area (Å²) in [6.07, 6.45) is 3.62. The molecule has 2 rings (SSSR count). The first kappa shape index (κ1) is 15.1. The summed E-state index contributed by atoms with van der Waals surface area (Å²) in [5, 5.41) is 13.9. The van der Waals surface area contributed by atoms with Crippen molar-refractivity contribution < 1.29 is 9.90 Å². The maximum atomic E-state index is 11.5. The molecule has 112 valence electrons. The van der Waals surface area contributed by atoms with Crippen LogP contribution >= 0.6 is 0 Å². The molecule has 1 aliphatic rings. The molecule has 0 bridgehead atoms. The predicted molar refractivity (Wildman–Crippen MR) is 78.6 cm³/mol. The third-order valence-electron chi connectivity index (χ3n) is 4.59. The second-order valence-corrected chi connectivity index (χ2v) is 6.91. The predicted octanol–water partition coefficient (Wildman–Crippen LogP) is 3.28. The number of nitrogens with zero attached hydrogens (tertiary/aromatic N) is 2. The van der Waals surface area contributed by atoms with E-state index in [4.69, 9.17) is 0 Å². The number of carboxylic acids is 1. The molecule has 1 aliphatic carbocycles. The van der Waals surface area contributed by atoms with E-state index < -0.39 is 5.97 Å². The van der Waals surface area contributed by atoms with Gasteiger partial charge in [0.1, 0.15) is 0 Å². The lowest BCUT2D eigenvalue weighted by Crippen LogP contribution is -2.35. The minimum absolute atomic E-state index is 0.205. The molecular formula is C16H26N2O2. The molecule has 0 spiro atoms. The van der Waals surface area contributed by atoms with Crippen LogP contribution in [0.1, 0.15) is 51.4 Å². The first-order valence-electron chi connectivity index (χ1n) is 7.58. The molecule has 0 aromatic carbocycles. The molecule has 1 fully saturated rings. The summed E-state index contributed by atoms with van der Waals surface area (Å²) >= 11 is 0. The van der Waals surface area contributed by atoms with E-state index >= 15 is 0 Å². The average molecular weight is 278 g/mol. The molecule has 2 atom stereocenters. The number of hydrogen-bond acceptors (Lipinski definition) is 2. The van der Waals surface area contributed by atoms with Crippen molar-refractivity contribution in [2.45, 2.75) is 59.9 Å². The quantitative estimate of drug-likeness (QED) is 0.919. The van der Waals surface area contributed by atoms with E-state index in [1.807, 2.05) is 11.6 Å². The van der Waals surface area contributed by atoms with Gasteiger partial charge in [-0.15, -0.1) is 0 Å². The Morgan fingerprint density at radius 3 is 2.85 bits per heavy atom. The topological polar surface area (TPSA) is 55.1 Å². The Balaban J connectivity index is 2.20. The van der Waals surface area contributed by atoms with E-state index in [0.717, 1.165) is 37.9 Å². The summed E-state index contributed by atoms with van der Waals surface area (Å²) in [7, 11) is 0. The lowest BCUT2D eigenvalue weighted by Gasteiger charge is -2.39. The highest BCUT2D eigenvalue weighted by Crippen LogP contribution is 2.43. The Morgan fingerprint density at radius 2 is 2.25 bits per heavy atom. The minimum Gasteiger partial charge on any atom is -0.481 e. The van der Waals surface area contributed by atoms with Crippen molar-refractivity contribution in [2.24, 2.45) is 17.3 Å². The first-order valence-corrected chi connectivity index (χ1v) is 7.58. The molecule has 1 aromatic heterocycles. The van der Waals surface area contributed by atoms with Gasteiger partial charge in [0.05, 0.1) is 11.6 Å². The number of rotatable bonds is 4. The van der Waals surface area contributed by atoms with Crippen molar-refractivity contribution in [2.75, 3.05) is 0 Å². The monoisotopic (exact) mass is 278 g/mol. The molecular weight excluding hydrogens is 252 g/mol. The molecule has 4 nitrogen and oxygen atoms in total. The van der Waals surface area contributed by atoms with E-state index in [2.05, 4.69) is 31.9 Å². The Hall–Kier alpha value is -1.32. The molecule has 1 heterocycles. The SMILES string of the molecule is CCn1nc(C)cc1CC1CC(C)(C)CCC1C(=O)O. The largest absolute Gasteiger partial charge is 0.481 e. The molecule has 20 heavy (non-hydrogen) atoms. The van der Waals surface area contributed by atoms with Crippen LogP contribution in [0.2, 0.25) is 0 Å². The lowest BCUT2D eigenvalue weighted by molar-refractivity contribution is -0.146. The van der Waals surface area contributed by atoms with Crippen LogP contribution in [0.3, 0.4) is 0 Å². The highest BCUT2D eigenvalue weighted by atomic mass is 16.4. The Labute approximate surface area is 121 Å². The van der Waals surface area contributed by atoms with Gasteiger partial charge in [-0.3, -0.25) is 9.48 Å². The summed E-state index contributed by atoms with van der Waals surface area (Å²) in [6.45, 7) is 9.42. The third kappa shape index (κ3) is 3.22. The van der Waals surface area contributed by atoms with Crippen molar-refractivity contribution in [3.8, 4) is 0 Å². The van der Waals surface area contributed by atoms with Crippen LogP contribution in [0.5, 0.6) is 0 Å². The Bertz CT molecular complexity index is 491. The normalized spacial score (nSPS) is 25.6. The number of aryl methyl sites for hydroxylation is 2. The van der Waals surface area contributed by atoms with Crippen molar-refractivity contribution >= 4 is 5.97 Å². The first-order chi connectivity index (χ1) is 9.32. The molecule has 0 amide bonds. The van der Waals surface area contributed by atoms with Gasteiger partial charge in [-0.1, -0.05) is 13.8 Å². The summed E-state index contributed by atoms with van der Waals surface area (Å²) in [5.74, 6) is -0.619. The van der Waals surface area contributed by atoms with E-state index in [1.165, 1.54) is 5.69 Å². The second-order valence-electron chi connectivity index (χ2n) is 6.91. The van der Waals surface area contributed by atoms with Crippen LogP contribution in [0, 0.1) is 24.2 Å². The van der Waals surface area contributed by atoms with E-state index in [9.17, 15) is 9.90 Å². The van der Waals surface area contributed by atoms with Crippen molar-refractivity contribution in [3.63, 3.8) is 0 Å². The van der Waals surface area contributed by atoms with Crippen LogP contribution in [-0.2, 0) is 17.8 Å². The summed E-state index contributed by atoms with van der Waals surface area (Å²) < 4.78 is 2.01. The van der Waals surface area contributed by atoms with Gasteiger partial charge in [0, 0.05) is 12.2 Å². The van der Waals surface area contributed by atoms with Crippen molar-refractivity contribution in [1.29, 1.82) is 0 Å². The van der Waals surface area contributed by atoms with Gasteiger partial charge < -0.3 is 5.11 Å². The molecule has 1 N–H and O–H groups in total. The van der Waals surface area contributed by atoms with Gasteiger partial charge in [-0.25, -0.2) is 0 Å². The zero-order chi connectivity index (χ0) is 14.9. The van der Waals surface area contributed by atoms with Gasteiger partial charge >= 0.3 is 5.97 Å². The number of aromatic nitrogens is 2. The molecule has 4 heteroatoms. The van der Waals surface area contributed by atoms with E-state index in [-0.39, 0.29) is 17.3 Å². The van der Waals surface area contributed by atoms with Crippen LogP contribution in [0.25, 0.3) is 0 Å². The van der Waals surface area contributed by atoms with Crippen molar-refractivity contribution in [3.05, 3.63) is 17.5 Å². The second kappa shape index (κ2) is 5.58. The fourth-order valence-corrected chi connectivity index (χ4v) is 3.58. The zero-order valence-corrected chi connectivity index (χ0v) is 13.0. The van der Waals surface area contributed by atoms with E-state index in [1.54, 1.807) is 0 Å². The Kier molecular flexibility index (Phi) is 4.21.